The minimum Gasteiger partial charge on any atom is -0.508 e. The predicted octanol–water partition coefficient (Wildman–Crippen LogP) is 2.27. The molecule has 0 aliphatic rings. The van der Waals surface area contributed by atoms with Gasteiger partial charge in [-0.2, -0.15) is 0 Å². The summed E-state index contributed by atoms with van der Waals surface area (Å²) in [5, 5.41) is 16.3. The number of hydrogen-bond donors (Lipinski definition) is 3. The van der Waals surface area contributed by atoms with Gasteiger partial charge in [-0.25, -0.2) is 0 Å². The molecule has 2 rings (SSSR count). The summed E-state index contributed by atoms with van der Waals surface area (Å²) in [5.41, 5.74) is 1.93. The van der Waals surface area contributed by atoms with Crippen LogP contribution >= 0.6 is 0 Å². The van der Waals surface area contributed by atoms with Crippen molar-refractivity contribution in [1.29, 1.82) is 0 Å². The molecule has 0 amide bonds. The predicted molar refractivity (Wildman–Crippen MR) is 88.1 cm³/mol. The molecule has 2 aromatic rings. The molecule has 0 aliphatic carbocycles. The van der Waals surface area contributed by atoms with Crippen LogP contribution < -0.4 is 15.4 Å². The first-order chi connectivity index (χ1) is 10.7. The van der Waals surface area contributed by atoms with Gasteiger partial charge in [0.2, 0.25) is 0 Å². The number of hydrogen-bond acceptors (Lipinski definition) is 3. The molecule has 22 heavy (non-hydrogen) atoms. The second kappa shape index (κ2) is 7.93. The van der Waals surface area contributed by atoms with E-state index >= 15 is 0 Å². The molecule has 0 atom stereocenters. The lowest BCUT2D eigenvalue weighted by Crippen LogP contribution is -2.36. The minimum absolute atomic E-state index is 0.229. The number of aliphatic imine (C=N–C) groups is 1. The summed E-state index contributed by atoms with van der Waals surface area (Å²) in [6.45, 7) is 1.14. The van der Waals surface area contributed by atoms with Crippen LogP contribution in [0.3, 0.4) is 0 Å². The highest BCUT2D eigenvalue weighted by molar-refractivity contribution is 5.79. The largest absolute Gasteiger partial charge is 0.508 e. The topological polar surface area (TPSA) is 65.9 Å². The number of nitrogens with zero attached hydrogens (tertiary/aromatic N) is 1. The summed E-state index contributed by atoms with van der Waals surface area (Å²) in [6, 6.07) is 15.2. The zero-order chi connectivity index (χ0) is 15.8. The molecule has 0 radical (unpaired) electrons. The van der Waals surface area contributed by atoms with Gasteiger partial charge in [-0.1, -0.05) is 30.3 Å². The Labute approximate surface area is 130 Å². The third-order valence-electron chi connectivity index (χ3n) is 3.26. The minimum atomic E-state index is 0.229. The Balaban J connectivity index is 1.91. The van der Waals surface area contributed by atoms with Crippen LogP contribution in [0, 0.1) is 0 Å². The van der Waals surface area contributed by atoms with E-state index in [-0.39, 0.29) is 5.75 Å². The van der Waals surface area contributed by atoms with Gasteiger partial charge in [0.25, 0.3) is 0 Å². The van der Waals surface area contributed by atoms with Crippen molar-refractivity contribution in [3.8, 4) is 11.5 Å². The second-order valence-electron chi connectivity index (χ2n) is 4.76. The summed E-state index contributed by atoms with van der Waals surface area (Å²) in [6.07, 6.45) is 0. The number of phenolic OH excluding ortho intramolecular Hbond substituents is 1. The van der Waals surface area contributed by atoms with Crippen molar-refractivity contribution in [2.45, 2.75) is 13.1 Å². The van der Waals surface area contributed by atoms with Crippen LogP contribution in [-0.2, 0) is 13.1 Å². The van der Waals surface area contributed by atoms with Gasteiger partial charge in [0.05, 0.1) is 7.11 Å². The highest BCUT2D eigenvalue weighted by atomic mass is 16.5. The van der Waals surface area contributed by atoms with Gasteiger partial charge in [-0.15, -0.1) is 0 Å². The van der Waals surface area contributed by atoms with Crippen molar-refractivity contribution in [2.24, 2.45) is 4.99 Å². The third kappa shape index (κ3) is 4.41. The SMILES string of the molecule is CN=C(NCc1ccccc1)NCc1cc(OC)ccc1O. The molecule has 0 spiro atoms. The molecule has 116 valence electrons. The molecule has 0 unspecified atom stereocenters. The van der Waals surface area contributed by atoms with Crippen molar-refractivity contribution >= 4 is 5.96 Å². The van der Waals surface area contributed by atoms with Crippen LogP contribution in [0.5, 0.6) is 11.5 Å². The number of aromatic hydroxyl groups is 1. The molecule has 0 fully saturated rings. The van der Waals surface area contributed by atoms with E-state index in [9.17, 15) is 5.11 Å². The summed E-state index contributed by atoms with van der Waals surface area (Å²) in [4.78, 5) is 4.17. The van der Waals surface area contributed by atoms with E-state index in [1.165, 1.54) is 5.56 Å². The number of methoxy groups -OCH3 is 1. The van der Waals surface area contributed by atoms with E-state index in [4.69, 9.17) is 4.74 Å². The molecule has 3 N–H and O–H groups in total. The fourth-order valence-corrected chi connectivity index (χ4v) is 2.01. The van der Waals surface area contributed by atoms with Crippen molar-refractivity contribution < 1.29 is 9.84 Å². The summed E-state index contributed by atoms with van der Waals surface area (Å²) >= 11 is 0. The fourth-order valence-electron chi connectivity index (χ4n) is 2.01. The summed E-state index contributed by atoms with van der Waals surface area (Å²) in [5.74, 6) is 1.61. The first kappa shape index (κ1) is 15.7. The standard InChI is InChI=1S/C17H21N3O2/c1-18-17(19-11-13-6-4-3-5-7-13)20-12-14-10-15(22-2)8-9-16(14)21/h3-10,21H,11-12H2,1-2H3,(H2,18,19,20). The lowest BCUT2D eigenvalue weighted by molar-refractivity contribution is 0.410. The molecule has 0 heterocycles. The first-order valence-corrected chi connectivity index (χ1v) is 7.07. The molecule has 5 nitrogen and oxygen atoms in total. The maximum atomic E-state index is 9.87. The average molecular weight is 299 g/mol. The maximum Gasteiger partial charge on any atom is 0.191 e. The fraction of sp³-hybridized carbons (Fsp3) is 0.235. The zero-order valence-corrected chi connectivity index (χ0v) is 12.8. The van der Waals surface area contributed by atoms with Crippen LogP contribution in [0.25, 0.3) is 0 Å². The highest BCUT2D eigenvalue weighted by Gasteiger charge is 2.05. The lowest BCUT2D eigenvalue weighted by Gasteiger charge is -2.13. The molecule has 0 saturated carbocycles. The van der Waals surface area contributed by atoms with Crippen molar-refractivity contribution in [3.63, 3.8) is 0 Å². The lowest BCUT2D eigenvalue weighted by atomic mass is 10.2. The number of nitrogens with one attached hydrogen (secondary N) is 2. The van der Waals surface area contributed by atoms with Gasteiger partial charge >= 0.3 is 0 Å². The van der Waals surface area contributed by atoms with Crippen LogP contribution in [0.1, 0.15) is 11.1 Å². The highest BCUT2D eigenvalue weighted by Crippen LogP contribution is 2.22. The van der Waals surface area contributed by atoms with E-state index < -0.39 is 0 Å². The van der Waals surface area contributed by atoms with Gasteiger partial charge in [-0.05, 0) is 23.8 Å². The Kier molecular flexibility index (Phi) is 5.65. The number of rotatable bonds is 5. The normalized spacial score (nSPS) is 11.1. The molecule has 5 heteroatoms. The number of ether oxygens (including phenoxy) is 1. The molecule has 0 aliphatic heterocycles. The Morgan fingerprint density at radius 1 is 1.09 bits per heavy atom. The molecule has 0 aromatic heterocycles. The number of guanidine groups is 1. The smallest absolute Gasteiger partial charge is 0.191 e. The Morgan fingerprint density at radius 2 is 1.82 bits per heavy atom. The van der Waals surface area contributed by atoms with Gasteiger partial charge in [0, 0.05) is 25.7 Å². The molecule has 0 saturated heterocycles. The Bertz CT molecular complexity index is 627. The van der Waals surface area contributed by atoms with E-state index in [2.05, 4.69) is 15.6 Å². The quantitative estimate of drug-likeness (QED) is 0.585. The first-order valence-electron chi connectivity index (χ1n) is 7.07. The van der Waals surface area contributed by atoms with E-state index in [1.807, 2.05) is 30.3 Å². The summed E-state index contributed by atoms with van der Waals surface area (Å²) in [7, 11) is 3.32. The van der Waals surface area contributed by atoms with Gasteiger partial charge in [-0.3, -0.25) is 4.99 Å². The molecule has 2 aromatic carbocycles. The van der Waals surface area contributed by atoms with E-state index in [0.717, 1.165) is 5.56 Å². The van der Waals surface area contributed by atoms with Gasteiger partial charge in [0.15, 0.2) is 5.96 Å². The summed E-state index contributed by atoms with van der Waals surface area (Å²) < 4.78 is 5.16. The maximum absolute atomic E-state index is 9.87. The molecule has 0 bridgehead atoms. The van der Waals surface area contributed by atoms with Crippen LogP contribution in [0.15, 0.2) is 53.5 Å². The van der Waals surface area contributed by atoms with E-state index in [0.29, 0.717) is 24.8 Å². The van der Waals surface area contributed by atoms with Crippen molar-refractivity contribution in [1.82, 2.24) is 10.6 Å². The number of phenols is 1. The Morgan fingerprint density at radius 3 is 2.50 bits per heavy atom. The van der Waals surface area contributed by atoms with Crippen molar-refractivity contribution in [3.05, 3.63) is 59.7 Å². The van der Waals surface area contributed by atoms with Gasteiger partial charge in [0.1, 0.15) is 11.5 Å². The third-order valence-corrected chi connectivity index (χ3v) is 3.26. The molecular formula is C17H21N3O2. The number of benzene rings is 2. The van der Waals surface area contributed by atoms with E-state index in [1.54, 1.807) is 32.4 Å². The van der Waals surface area contributed by atoms with Crippen LogP contribution in [0.2, 0.25) is 0 Å². The second-order valence-corrected chi connectivity index (χ2v) is 4.76. The monoisotopic (exact) mass is 299 g/mol. The molecular weight excluding hydrogens is 278 g/mol. The zero-order valence-electron chi connectivity index (χ0n) is 12.8. The Hall–Kier alpha value is -2.69. The average Bonchev–Trinajstić information content (AvgIpc) is 2.57. The van der Waals surface area contributed by atoms with Crippen LogP contribution in [0.4, 0.5) is 0 Å². The van der Waals surface area contributed by atoms with Gasteiger partial charge < -0.3 is 20.5 Å². The van der Waals surface area contributed by atoms with Crippen LogP contribution in [-0.4, -0.2) is 25.2 Å². The van der Waals surface area contributed by atoms with Crippen molar-refractivity contribution in [2.75, 3.05) is 14.2 Å².